The van der Waals surface area contributed by atoms with Crippen LogP contribution in [0.5, 0.6) is 0 Å². The highest BCUT2D eigenvalue weighted by Crippen LogP contribution is 2.19. The number of aromatic nitrogens is 4. The van der Waals surface area contributed by atoms with Gasteiger partial charge in [-0.2, -0.15) is 43.3 Å². The van der Waals surface area contributed by atoms with Crippen molar-refractivity contribution in [3.8, 4) is 0 Å². The summed E-state index contributed by atoms with van der Waals surface area (Å²) in [6.07, 6.45) is 13.8. The average Bonchev–Trinajstić information content (AvgIpc) is 0.811. The topological polar surface area (TPSA) is 542 Å². The van der Waals surface area contributed by atoms with Crippen LogP contribution in [0.4, 0.5) is 17.3 Å². The molecule has 596 valence electrons. The molecule has 36 nitrogen and oxygen atoms in total. The van der Waals surface area contributed by atoms with Gasteiger partial charge in [0.15, 0.2) is 22.1 Å². The summed E-state index contributed by atoms with van der Waals surface area (Å²) in [7, 11) is 0. The van der Waals surface area contributed by atoms with Crippen LogP contribution >= 0.6 is 24.4 Å². The van der Waals surface area contributed by atoms with Gasteiger partial charge in [-0.3, -0.25) is 68.6 Å². The van der Waals surface area contributed by atoms with E-state index < -0.39 is 35.2 Å². The van der Waals surface area contributed by atoms with E-state index in [1.54, 1.807) is 38.1 Å². The summed E-state index contributed by atoms with van der Waals surface area (Å²) in [5.74, 6) is -3.55. The van der Waals surface area contributed by atoms with Gasteiger partial charge in [-0.25, -0.2) is 25.2 Å². The Morgan fingerprint density at radius 2 is 1.06 bits per heavy atom. The van der Waals surface area contributed by atoms with E-state index in [0.29, 0.717) is 121 Å². The zero-order valence-electron chi connectivity index (χ0n) is 61.6. The second-order valence-corrected chi connectivity index (χ2v) is 25.7. The van der Waals surface area contributed by atoms with E-state index >= 15 is 0 Å². The second-order valence-electron chi connectivity index (χ2n) is 24.7. The Hall–Kier alpha value is -10.9. The van der Waals surface area contributed by atoms with Crippen LogP contribution in [0.3, 0.4) is 0 Å². The van der Waals surface area contributed by atoms with Crippen molar-refractivity contribution >= 4 is 140 Å². The fourth-order valence-electron chi connectivity index (χ4n) is 9.99. The molecule has 0 unspecified atom stereocenters. The molecule has 13 N–H and O–H groups in total. The molecule has 2 aromatic carbocycles. The summed E-state index contributed by atoms with van der Waals surface area (Å²) in [6.45, 7) is 8.92. The minimum absolute atomic E-state index is 0.0215. The van der Waals surface area contributed by atoms with Crippen molar-refractivity contribution in [3.63, 3.8) is 0 Å². The van der Waals surface area contributed by atoms with E-state index in [1.165, 1.54) is 13.1 Å². The molecule has 4 rings (SSSR count). The quantitative estimate of drug-likeness (QED) is 0.0124. The number of unbranched alkanes of at least 4 members (excludes halogenated alkanes) is 8. The van der Waals surface area contributed by atoms with Crippen molar-refractivity contribution in [2.45, 2.75) is 188 Å². The fraction of sp³-hybridized carbons (Fsp3) is 0.535. The third-order valence-corrected chi connectivity index (χ3v) is 16.4. The molecule has 0 saturated carbocycles. The van der Waals surface area contributed by atoms with Gasteiger partial charge in [0.05, 0.1) is 24.5 Å². The molecule has 0 aliphatic carbocycles. The monoisotopic (exact) mass is 1560 g/mol. The zero-order chi connectivity index (χ0) is 81.9. The number of anilines is 3. The van der Waals surface area contributed by atoms with Gasteiger partial charge in [0.25, 0.3) is 11.5 Å². The lowest BCUT2D eigenvalue weighted by molar-refractivity contribution is -0.193. The lowest BCUT2D eigenvalue weighted by Gasteiger charge is -2.18. The van der Waals surface area contributed by atoms with E-state index in [0.717, 1.165) is 61.1 Å². The van der Waals surface area contributed by atoms with Crippen LogP contribution in [-0.4, -0.2) is 190 Å². The molecule has 2 heterocycles. The maximum atomic E-state index is 13.1. The number of benzene rings is 2. The van der Waals surface area contributed by atoms with Gasteiger partial charge in [0.2, 0.25) is 41.4 Å². The molecule has 0 spiro atoms. The summed E-state index contributed by atoms with van der Waals surface area (Å²) in [5, 5.41) is 52.5. The fourth-order valence-corrected chi connectivity index (χ4v) is 10.5. The molecule has 2 aromatic heterocycles. The van der Waals surface area contributed by atoms with Crippen LogP contribution < -0.4 is 48.5 Å². The number of nitrogens with zero attached hydrogens (tertiary/aromatic N) is 6. The van der Waals surface area contributed by atoms with Crippen LogP contribution in [0.1, 0.15) is 191 Å². The Morgan fingerprint density at radius 1 is 0.569 bits per heavy atom. The standard InChI is InChI=1S/C67H99N15O13S2.4CO2/c1-45(40-56(85)47(3)75-63(90)46(2)41-54(84)19-17-36-71-64(91)50-23-27-51(28-24-50)73-43-53-44-74-62-61(76-53)65(92)79-66(68)78-62)18-9-5-10-20-55(96)42-49-21-25-52(26-22-49)77-67(97)72-35-13-8-16-39-82(95)60(89)32-30-58(87)70-34-12-7-15-38-81(94)59(88)31-29-57(86)69-33-11-6-14-37-80(93)48(4)83;4*2-1-3/h21-28,44-47,73,93-95H,5-20,29-43H2,1-4H3,(H,69,86)(H,70,87)(H,71,91)(H,75,90)(H2,72,77,97)(H3,68,74,78,79,92);;;;/t45-,46-,47+;;;;/m1..../s1. The number of ketones is 2. The summed E-state index contributed by atoms with van der Waals surface area (Å²) in [6, 6.07) is 14.0. The van der Waals surface area contributed by atoms with Crippen LogP contribution in [0.2, 0.25) is 0 Å². The maximum absolute atomic E-state index is 13.1. The van der Waals surface area contributed by atoms with E-state index in [4.69, 9.17) is 68.5 Å². The smallest absolute Gasteiger partial charge is 0.373 e. The Kier molecular flexibility index (Phi) is 54.1. The first-order valence-corrected chi connectivity index (χ1v) is 35.9. The van der Waals surface area contributed by atoms with Crippen LogP contribution in [0, 0.1) is 11.8 Å². The largest absolute Gasteiger partial charge is 0.379 e. The second kappa shape index (κ2) is 60.1. The molecule has 7 amide bonds. The first kappa shape index (κ1) is 98.1. The van der Waals surface area contributed by atoms with E-state index in [2.05, 4.69) is 57.2 Å². The van der Waals surface area contributed by atoms with E-state index in [-0.39, 0.29) is 154 Å². The highest BCUT2D eigenvalue weighted by Gasteiger charge is 2.24. The number of hydroxylamine groups is 6. The maximum Gasteiger partial charge on any atom is 0.373 e. The molecule has 109 heavy (non-hydrogen) atoms. The number of thiocarbonyl (C=S) groups is 2. The van der Waals surface area contributed by atoms with Crippen molar-refractivity contribution in [1.82, 2.24) is 61.7 Å². The molecule has 0 aliphatic heterocycles. The third kappa shape index (κ3) is 48.1. The minimum atomic E-state index is -0.682. The molecular formula is C71H99N15O21S2. The molecule has 0 bridgehead atoms. The van der Waals surface area contributed by atoms with Crippen LogP contribution in [0.15, 0.2) is 59.5 Å². The van der Waals surface area contributed by atoms with Gasteiger partial charge in [0.1, 0.15) is 5.78 Å². The Morgan fingerprint density at radius 3 is 1.60 bits per heavy atom. The summed E-state index contributed by atoms with van der Waals surface area (Å²) < 4.78 is 0. The van der Waals surface area contributed by atoms with Gasteiger partial charge in [0, 0.05) is 127 Å². The highest BCUT2D eigenvalue weighted by atomic mass is 32.1. The molecule has 0 aliphatic rings. The number of aromatic amines is 1. The number of hydrogen-bond donors (Lipinski definition) is 12. The normalized spacial score (nSPS) is 10.9. The van der Waals surface area contributed by atoms with Gasteiger partial charge in [-0.05, 0) is 149 Å². The Bertz CT molecular complexity index is 3670. The van der Waals surface area contributed by atoms with Gasteiger partial charge in [-0.1, -0.05) is 57.5 Å². The summed E-state index contributed by atoms with van der Waals surface area (Å²) in [4.78, 5) is 204. The molecule has 4 aromatic rings. The Balaban J connectivity index is 0.00000908. The number of carbonyl (C=O) groups excluding carboxylic acids is 17. The number of nitrogen functional groups attached to an aromatic ring is 1. The van der Waals surface area contributed by atoms with Crippen LogP contribution in [-0.2, 0) is 89.7 Å². The van der Waals surface area contributed by atoms with Crippen molar-refractivity contribution in [1.29, 1.82) is 0 Å². The van der Waals surface area contributed by atoms with Gasteiger partial charge < -0.3 is 43.0 Å². The molecule has 3 atom stereocenters. The number of rotatable bonds is 48. The first-order valence-electron chi connectivity index (χ1n) is 35.1. The molecule has 0 saturated heterocycles. The van der Waals surface area contributed by atoms with E-state index in [1.807, 2.05) is 31.2 Å². The van der Waals surface area contributed by atoms with E-state index in [9.17, 15) is 63.6 Å². The molecule has 0 radical (unpaired) electrons. The number of H-pyrrole nitrogens is 1. The number of carbonyl (C=O) groups is 9. The van der Waals surface area contributed by atoms with Crippen molar-refractivity contribution < 1.29 is 97.1 Å². The number of amides is 7. The number of fused-ring (bicyclic) bond motifs is 1. The highest BCUT2D eigenvalue weighted by molar-refractivity contribution is 7.80. The number of Topliss-reactive ketones (excluding diaryl/α,β-unsaturated/α-hetero) is 2. The first-order chi connectivity index (χ1) is 52.0. The van der Waals surface area contributed by atoms with Crippen LogP contribution in [0.25, 0.3) is 11.2 Å². The minimum Gasteiger partial charge on any atom is -0.379 e. The summed E-state index contributed by atoms with van der Waals surface area (Å²) in [5.41, 5.74) is 8.88. The SMILES string of the molecule is CC(=O)N(O)CCCCCNC(=O)CCC(=O)N(O)CCCCCNC(=O)CCC(=O)N(O)CCCCCNC(=S)Nc1ccc(CC(=S)CCCCC[C@@H](C)CC(=O)[C@H](C)NC(=O)[C@H](C)CC(=O)CCCNC(=O)c2ccc(NCc3cnc4nc(N)[nH]c(=O)c4n3)cc2)cc1.O=C=O.O=C=O.O=C=O.O=C=O. The molecule has 38 heteroatoms. The third-order valence-electron chi connectivity index (χ3n) is 15.8. The lowest BCUT2D eigenvalue weighted by Crippen LogP contribution is -2.42. The van der Waals surface area contributed by atoms with Gasteiger partial charge in [-0.15, -0.1) is 0 Å². The predicted octanol–water partition coefficient (Wildman–Crippen LogP) is 4.61. The number of hydrogen-bond acceptors (Lipinski definition) is 28. The Labute approximate surface area is 640 Å². The van der Waals surface area contributed by atoms with Crippen molar-refractivity contribution in [2.75, 3.05) is 62.2 Å². The lowest BCUT2D eigenvalue weighted by atomic mass is 9.94. The number of nitrogens with two attached hydrogens (primary N) is 1. The predicted molar refractivity (Wildman–Crippen MR) is 395 cm³/mol. The van der Waals surface area contributed by atoms with Crippen molar-refractivity contribution in [2.24, 2.45) is 11.8 Å². The average molecular weight is 1560 g/mol. The zero-order valence-corrected chi connectivity index (χ0v) is 63.2. The molecular weight excluding hydrogens is 1460 g/mol. The summed E-state index contributed by atoms with van der Waals surface area (Å²) >= 11 is 11.2. The number of nitrogens with one attached hydrogen (secondary N) is 8. The molecule has 0 fully saturated rings. The van der Waals surface area contributed by atoms with Crippen molar-refractivity contribution in [3.05, 3.63) is 81.9 Å². The van der Waals surface area contributed by atoms with Gasteiger partial charge >= 0.3 is 24.6 Å².